The Morgan fingerprint density at radius 2 is 1.37 bits per heavy atom. The fraction of sp³-hybridized carbons (Fsp3) is 0.0800. The van der Waals surface area contributed by atoms with Gasteiger partial charge in [-0.1, -0.05) is 54.1 Å². The topological polar surface area (TPSA) is 39.9 Å². The van der Waals surface area contributed by atoms with Gasteiger partial charge in [-0.25, -0.2) is 0 Å². The van der Waals surface area contributed by atoms with Crippen molar-refractivity contribution < 1.29 is 9.47 Å². The first-order valence-corrected chi connectivity index (χ1v) is 9.87. The zero-order valence-corrected chi connectivity index (χ0v) is 17.2. The van der Waals surface area contributed by atoms with Crippen molar-refractivity contribution in [1.29, 1.82) is 0 Å². The number of rotatable bonds is 4. The van der Waals surface area contributed by atoms with Crippen molar-refractivity contribution in [3.8, 4) is 33.8 Å². The summed E-state index contributed by atoms with van der Waals surface area (Å²) in [7, 11) is 3.19. The highest BCUT2D eigenvalue weighted by molar-refractivity contribution is 6.30. The quantitative estimate of drug-likeness (QED) is 0.367. The van der Waals surface area contributed by atoms with Crippen LogP contribution in [0.3, 0.4) is 0 Å². The van der Waals surface area contributed by atoms with Crippen molar-refractivity contribution in [2.75, 3.05) is 14.2 Å². The van der Waals surface area contributed by atoms with Gasteiger partial charge < -0.3 is 13.9 Å². The summed E-state index contributed by atoms with van der Waals surface area (Å²) >= 11 is 6.09. The summed E-state index contributed by atoms with van der Waals surface area (Å²) in [6.45, 7) is 0. The molecule has 148 valence electrons. The summed E-state index contributed by atoms with van der Waals surface area (Å²) in [6.07, 6.45) is 3.90. The molecule has 0 spiro atoms. The van der Waals surface area contributed by atoms with Crippen molar-refractivity contribution in [3.05, 3.63) is 88.3 Å². The Kier molecular flexibility index (Phi) is 4.37. The van der Waals surface area contributed by atoms with Gasteiger partial charge in [-0.15, -0.1) is 0 Å². The maximum absolute atomic E-state index is 13.6. The minimum atomic E-state index is -0.0704. The number of hydrogen-bond acceptors (Lipinski definition) is 3. The maximum atomic E-state index is 13.6. The molecule has 4 nitrogen and oxygen atoms in total. The molecule has 30 heavy (non-hydrogen) atoms. The zero-order valence-electron chi connectivity index (χ0n) is 16.5. The van der Waals surface area contributed by atoms with Crippen molar-refractivity contribution >= 4 is 27.9 Å². The van der Waals surface area contributed by atoms with E-state index in [4.69, 9.17) is 21.1 Å². The largest absolute Gasteiger partial charge is 0.496 e. The van der Waals surface area contributed by atoms with Crippen LogP contribution in [-0.4, -0.2) is 18.6 Å². The molecule has 0 radical (unpaired) electrons. The Morgan fingerprint density at radius 3 is 2.03 bits per heavy atom. The van der Waals surface area contributed by atoms with E-state index in [9.17, 15) is 4.79 Å². The van der Waals surface area contributed by atoms with E-state index in [1.165, 1.54) is 0 Å². The zero-order chi connectivity index (χ0) is 20.8. The van der Waals surface area contributed by atoms with Gasteiger partial charge in [-0.3, -0.25) is 4.79 Å². The molecule has 0 saturated heterocycles. The van der Waals surface area contributed by atoms with E-state index >= 15 is 0 Å². The number of hydrogen-bond donors (Lipinski definition) is 0. The molecule has 0 fully saturated rings. The molecule has 0 N–H and O–H groups in total. The Bertz CT molecular complexity index is 1420. The molecule has 0 bridgehead atoms. The molecular formula is C25H18ClNO3. The van der Waals surface area contributed by atoms with E-state index in [0.29, 0.717) is 27.5 Å². The Hall–Kier alpha value is -3.50. The van der Waals surface area contributed by atoms with Crippen LogP contribution in [0.25, 0.3) is 38.5 Å². The first kappa shape index (κ1) is 18.5. The van der Waals surface area contributed by atoms with E-state index in [0.717, 1.165) is 27.6 Å². The molecular weight excluding hydrogens is 398 g/mol. The van der Waals surface area contributed by atoms with Gasteiger partial charge in [0, 0.05) is 34.6 Å². The van der Waals surface area contributed by atoms with Gasteiger partial charge in [-0.05, 0) is 23.3 Å². The molecule has 5 heteroatoms. The van der Waals surface area contributed by atoms with Crippen LogP contribution < -0.4 is 14.9 Å². The Labute approximate surface area is 178 Å². The number of aromatic nitrogens is 1. The van der Waals surface area contributed by atoms with Crippen LogP contribution in [0.5, 0.6) is 11.5 Å². The van der Waals surface area contributed by atoms with Crippen LogP contribution in [0, 0.1) is 0 Å². The van der Waals surface area contributed by atoms with Gasteiger partial charge in [-0.2, -0.15) is 0 Å². The molecule has 0 aliphatic rings. The van der Waals surface area contributed by atoms with Crippen LogP contribution in [-0.2, 0) is 0 Å². The van der Waals surface area contributed by atoms with E-state index in [1.807, 2.05) is 71.4 Å². The second-order valence-corrected chi connectivity index (χ2v) is 7.51. The number of pyridine rings is 1. The predicted molar refractivity (Wildman–Crippen MR) is 121 cm³/mol. The highest BCUT2D eigenvalue weighted by Crippen LogP contribution is 2.43. The lowest BCUT2D eigenvalue weighted by Gasteiger charge is -2.12. The average molecular weight is 416 g/mol. The van der Waals surface area contributed by atoms with Gasteiger partial charge in [0.25, 0.3) is 0 Å². The normalized spacial score (nSPS) is 11.3. The third-order valence-electron chi connectivity index (χ3n) is 5.44. The van der Waals surface area contributed by atoms with Gasteiger partial charge in [0.15, 0.2) is 0 Å². The average Bonchev–Trinajstić information content (AvgIpc) is 3.16. The van der Waals surface area contributed by atoms with E-state index in [2.05, 4.69) is 0 Å². The van der Waals surface area contributed by atoms with Crippen LogP contribution in [0.4, 0.5) is 0 Å². The van der Waals surface area contributed by atoms with E-state index in [1.54, 1.807) is 20.3 Å². The van der Waals surface area contributed by atoms with Crippen LogP contribution in [0.2, 0.25) is 5.02 Å². The highest BCUT2D eigenvalue weighted by Gasteiger charge is 2.23. The Balaban J connectivity index is 1.95. The van der Waals surface area contributed by atoms with Gasteiger partial charge in [0.2, 0.25) is 5.43 Å². The van der Waals surface area contributed by atoms with Crippen LogP contribution >= 0.6 is 11.6 Å². The summed E-state index contributed by atoms with van der Waals surface area (Å²) in [5, 5.41) is 2.07. The fourth-order valence-electron chi connectivity index (χ4n) is 4.06. The summed E-state index contributed by atoms with van der Waals surface area (Å²) < 4.78 is 13.3. The third kappa shape index (κ3) is 2.72. The molecule has 0 atom stereocenters. The summed E-state index contributed by atoms with van der Waals surface area (Å²) in [4.78, 5) is 13.6. The Morgan fingerprint density at radius 1 is 0.767 bits per heavy atom. The van der Waals surface area contributed by atoms with Gasteiger partial charge in [0.05, 0.1) is 30.5 Å². The van der Waals surface area contributed by atoms with Crippen molar-refractivity contribution in [1.82, 2.24) is 4.40 Å². The molecule has 2 aromatic heterocycles. The monoisotopic (exact) mass is 415 g/mol. The summed E-state index contributed by atoms with van der Waals surface area (Å²) in [6, 6.07) is 19.1. The fourth-order valence-corrected chi connectivity index (χ4v) is 4.18. The second-order valence-electron chi connectivity index (χ2n) is 7.07. The first-order valence-electron chi connectivity index (χ1n) is 9.49. The molecule has 0 amide bonds. The highest BCUT2D eigenvalue weighted by atomic mass is 35.5. The molecule has 5 aromatic rings. The first-order chi connectivity index (χ1) is 14.6. The van der Waals surface area contributed by atoms with Crippen LogP contribution in [0.15, 0.2) is 77.9 Å². The van der Waals surface area contributed by atoms with Crippen LogP contribution in [0.1, 0.15) is 0 Å². The lowest BCUT2D eigenvalue weighted by molar-refractivity contribution is 0.400. The molecule has 2 heterocycles. The lowest BCUT2D eigenvalue weighted by atomic mass is 10.00. The second kappa shape index (κ2) is 7.08. The summed E-state index contributed by atoms with van der Waals surface area (Å²) in [5.74, 6) is 1.14. The minimum Gasteiger partial charge on any atom is -0.496 e. The molecule has 3 aromatic carbocycles. The lowest BCUT2D eigenvalue weighted by Crippen LogP contribution is -2.09. The smallest absolute Gasteiger partial charge is 0.200 e. The van der Waals surface area contributed by atoms with Crippen molar-refractivity contribution in [3.63, 3.8) is 0 Å². The molecule has 0 saturated carbocycles. The third-order valence-corrected chi connectivity index (χ3v) is 5.70. The molecule has 0 aliphatic heterocycles. The predicted octanol–water partition coefficient (Wildman–Crippen LogP) is 5.90. The van der Waals surface area contributed by atoms with Crippen molar-refractivity contribution in [2.24, 2.45) is 0 Å². The number of benzene rings is 3. The standard InChI is InChI=1S/C25H18ClNO3/c1-29-20-12-21(30-2)23-24-22(20)18(16-8-10-17(26)11-9-16)13-27(24)14-19(25(23)28)15-6-4-3-5-7-15/h3-14H,1-2H3. The van der Waals surface area contributed by atoms with E-state index < -0.39 is 0 Å². The number of nitrogens with zero attached hydrogens (tertiary/aromatic N) is 1. The SMILES string of the molecule is COc1cc(OC)c2c(=O)c(-c3ccccc3)cn3cc(-c4ccc(Cl)cc4)c1c23. The maximum Gasteiger partial charge on any atom is 0.200 e. The molecule has 0 aliphatic carbocycles. The number of methoxy groups -OCH3 is 2. The van der Waals surface area contributed by atoms with Crippen molar-refractivity contribution in [2.45, 2.75) is 0 Å². The molecule has 5 rings (SSSR count). The molecule has 0 unspecified atom stereocenters. The van der Waals surface area contributed by atoms with Gasteiger partial charge >= 0.3 is 0 Å². The minimum absolute atomic E-state index is 0.0704. The number of ether oxygens (including phenoxy) is 2. The van der Waals surface area contributed by atoms with Gasteiger partial charge in [0.1, 0.15) is 11.5 Å². The number of halogens is 1. The summed E-state index contributed by atoms with van der Waals surface area (Å²) in [5.41, 5.74) is 4.13. The van der Waals surface area contributed by atoms with E-state index in [-0.39, 0.29) is 5.43 Å².